The lowest BCUT2D eigenvalue weighted by atomic mass is 10.1. The number of anilines is 1. The summed E-state index contributed by atoms with van der Waals surface area (Å²) < 4.78 is 4.95. The van der Waals surface area contributed by atoms with Crippen molar-refractivity contribution >= 4 is 34.0 Å². The topological polar surface area (TPSA) is 72.5 Å². The molecule has 5 nitrogen and oxygen atoms in total. The number of esters is 1. The smallest absolute Gasteiger partial charge is 0.341 e. The van der Waals surface area contributed by atoms with Crippen LogP contribution in [0.3, 0.4) is 0 Å². The molecular formula is C14H17NO4S. The molecule has 2 rings (SSSR count). The second-order valence-corrected chi connectivity index (χ2v) is 6.25. The van der Waals surface area contributed by atoms with E-state index in [1.54, 1.807) is 0 Å². The van der Waals surface area contributed by atoms with E-state index in [-0.39, 0.29) is 24.2 Å². The van der Waals surface area contributed by atoms with Crippen LogP contribution in [0, 0.1) is 19.8 Å². The number of Topliss-reactive ketones (excluding diaryl/α,β-unsaturated/α-hetero) is 1. The number of carbonyl (C=O) groups excluding carboxylic acids is 3. The van der Waals surface area contributed by atoms with Crippen molar-refractivity contribution in [2.75, 3.05) is 11.9 Å². The van der Waals surface area contributed by atoms with Gasteiger partial charge in [0.1, 0.15) is 11.6 Å². The lowest BCUT2D eigenvalue weighted by Gasteiger charge is -2.07. The zero-order chi connectivity index (χ0) is 14.9. The highest BCUT2D eigenvalue weighted by Crippen LogP contribution is 2.36. The van der Waals surface area contributed by atoms with Crippen LogP contribution in [-0.2, 0) is 14.3 Å². The van der Waals surface area contributed by atoms with E-state index in [2.05, 4.69) is 5.32 Å². The molecule has 0 aliphatic heterocycles. The molecule has 1 aromatic heterocycles. The fourth-order valence-electron chi connectivity index (χ4n) is 1.76. The van der Waals surface area contributed by atoms with Gasteiger partial charge in [-0.2, -0.15) is 0 Å². The van der Waals surface area contributed by atoms with Crippen molar-refractivity contribution in [1.29, 1.82) is 0 Å². The first-order valence-electron chi connectivity index (χ1n) is 6.47. The van der Waals surface area contributed by atoms with Gasteiger partial charge in [-0.1, -0.05) is 0 Å². The van der Waals surface area contributed by atoms with E-state index in [0.717, 1.165) is 23.3 Å². The van der Waals surface area contributed by atoms with E-state index in [0.29, 0.717) is 10.6 Å². The number of hydrogen-bond acceptors (Lipinski definition) is 5. The predicted molar refractivity (Wildman–Crippen MR) is 76.1 cm³/mol. The zero-order valence-electron chi connectivity index (χ0n) is 11.7. The fraction of sp³-hybridized carbons (Fsp3) is 0.500. The lowest BCUT2D eigenvalue weighted by molar-refractivity contribution is -0.120. The van der Waals surface area contributed by atoms with Crippen LogP contribution in [0.15, 0.2) is 0 Å². The standard InChI is InChI=1S/C14H17NO4S/c1-7(16)6-19-14(18)11-8(2)9(3)20-13(11)15-12(17)10-4-5-10/h10H,4-6H2,1-3H3,(H,15,17). The second-order valence-electron chi connectivity index (χ2n) is 5.03. The fourth-order valence-corrected chi connectivity index (χ4v) is 2.81. The molecule has 0 aromatic carbocycles. The number of carbonyl (C=O) groups is 3. The molecule has 0 atom stereocenters. The summed E-state index contributed by atoms with van der Waals surface area (Å²) in [7, 11) is 0. The zero-order valence-corrected chi connectivity index (χ0v) is 12.6. The van der Waals surface area contributed by atoms with Crippen molar-refractivity contribution in [2.45, 2.75) is 33.6 Å². The molecule has 1 heterocycles. The number of thiophene rings is 1. The maximum Gasteiger partial charge on any atom is 0.341 e. The summed E-state index contributed by atoms with van der Waals surface area (Å²) in [6.45, 7) is 4.80. The van der Waals surface area contributed by atoms with Crippen LogP contribution in [0.4, 0.5) is 5.00 Å². The van der Waals surface area contributed by atoms with Crippen LogP contribution in [0.25, 0.3) is 0 Å². The minimum atomic E-state index is -0.562. The number of ether oxygens (including phenoxy) is 1. The van der Waals surface area contributed by atoms with Gasteiger partial charge in [-0.05, 0) is 39.2 Å². The quantitative estimate of drug-likeness (QED) is 0.847. The Morgan fingerprint density at radius 3 is 2.50 bits per heavy atom. The molecule has 1 N–H and O–H groups in total. The molecule has 1 aliphatic carbocycles. The summed E-state index contributed by atoms with van der Waals surface area (Å²) in [5.41, 5.74) is 1.15. The van der Waals surface area contributed by atoms with Crippen LogP contribution < -0.4 is 5.32 Å². The Kier molecular flexibility index (Phi) is 4.23. The molecule has 1 amide bonds. The highest BCUT2D eigenvalue weighted by atomic mass is 32.1. The molecule has 1 fully saturated rings. The Balaban J connectivity index is 2.18. The molecule has 0 radical (unpaired) electrons. The third kappa shape index (κ3) is 3.25. The van der Waals surface area contributed by atoms with Crippen LogP contribution in [0.5, 0.6) is 0 Å². The van der Waals surface area contributed by atoms with E-state index in [1.165, 1.54) is 18.3 Å². The van der Waals surface area contributed by atoms with Crippen molar-refractivity contribution in [3.63, 3.8) is 0 Å². The Labute approximate surface area is 121 Å². The molecule has 0 bridgehead atoms. The summed E-state index contributed by atoms with van der Waals surface area (Å²) in [5, 5.41) is 3.32. The second kappa shape index (κ2) is 5.75. The van der Waals surface area contributed by atoms with Gasteiger partial charge in [0, 0.05) is 10.8 Å². The third-order valence-corrected chi connectivity index (χ3v) is 4.30. The monoisotopic (exact) mass is 295 g/mol. The van der Waals surface area contributed by atoms with Crippen LogP contribution in [0.1, 0.15) is 40.6 Å². The van der Waals surface area contributed by atoms with E-state index < -0.39 is 5.97 Å². The van der Waals surface area contributed by atoms with Crippen molar-refractivity contribution in [1.82, 2.24) is 0 Å². The van der Waals surface area contributed by atoms with Gasteiger partial charge >= 0.3 is 5.97 Å². The number of amides is 1. The number of ketones is 1. The van der Waals surface area contributed by atoms with Crippen molar-refractivity contribution in [3.8, 4) is 0 Å². The van der Waals surface area contributed by atoms with Gasteiger partial charge in [-0.15, -0.1) is 11.3 Å². The summed E-state index contributed by atoms with van der Waals surface area (Å²) in [4.78, 5) is 35.7. The molecule has 6 heteroatoms. The largest absolute Gasteiger partial charge is 0.454 e. The molecule has 20 heavy (non-hydrogen) atoms. The predicted octanol–water partition coefficient (Wildman–Crippen LogP) is 2.46. The van der Waals surface area contributed by atoms with Crippen molar-refractivity contribution < 1.29 is 19.1 Å². The Hall–Kier alpha value is -1.69. The molecule has 1 saturated carbocycles. The first kappa shape index (κ1) is 14.7. The van der Waals surface area contributed by atoms with Gasteiger partial charge in [0.25, 0.3) is 0 Å². The number of hydrogen-bond donors (Lipinski definition) is 1. The Morgan fingerprint density at radius 1 is 1.30 bits per heavy atom. The van der Waals surface area contributed by atoms with E-state index in [9.17, 15) is 14.4 Å². The van der Waals surface area contributed by atoms with Crippen LogP contribution >= 0.6 is 11.3 Å². The molecule has 0 unspecified atom stereocenters. The molecule has 1 aromatic rings. The Morgan fingerprint density at radius 2 is 1.95 bits per heavy atom. The van der Waals surface area contributed by atoms with Gasteiger partial charge < -0.3 is 10.1 Å². The normalized spacial score (nSPS) is 13.9. The molecule has 1 aliphatic rings. The van der Waals surface area contributed by atoms with E-state index in [1.807, 2.05) is 13.8 Å². The first-order chi connectivity index (χ1) is 9.40. The number of rotatable bonds is 5. The van der Waals surface area contributed by atoms with Crippen LogP contribution in [-0.4, -0.2) is 24.3 Å². The number of aryl methyl sites for hydroxylation is 1. The molecular weight excluding hydrogens is 278 g/mol. The van der Waals surface area contributed by atoms with E-state index >= 15 is 0 Å². The molecule has 0 saturated heterocycles. The average Bonchev–Trinajstić information content (AvgIpc) is 3.16. The summed E-state index contributed by atoms with van der Waals surface area (Å²) in [6.07, 6.45) is 1.80. The lowest BCUT2D eigenvalue weighted by Crippen LogP contribution is -2.17. The van der Waals surface area contributed by atoms with Gasteiger partial charge in [0.05, 0.1) is 5.56 Å². The van der Waals surface area contributed by atoms with Gasteiger partial charge in [-0.25, -0.2) is 4.79 Å². The maximum absolute atomic E-state index is 12.1. The highest BCUT2D eigenvalue weighted by Gasteiger charge is 2.31. The summed E-state index contributed by atoms with van der Waals surface area (Å²) >= 11 is 1.36. The summed E-state index contributed by atoms with van der Waals surface area (Å²) in [6, 6.07) is 0. The van der Waals surface area contributed by atoms with Crippen molar-refractivity contribution in [2.24, 2.45) is 5.92 Å². The van der Waals surface area contributed by atoms with E-state index in [4.69, 9.17) is 4.74 Å². The number of nitrogens with one attached hydrogen (secondary N) is 1. The third-order valence-electron chi connectivity index (χ3n) is 3.18. The summed E-state index contributed by atoms with van der Waals surface area (Å²) in [5.74, 6) is -0.759. The first-order valence-corrected chi connectivity index (χ1v) is 7.29. The van der Waals surface area contributed by atoms with Crippen molar-refractivity contribution in [3.05, 3.63) is 16.0 Å². The maximum atomic E-state index is 12.1. The highest BCUT2D eigenvalue weighted by molar-refractivity contribution is 7.16. The van der Waals surface area contributed by atoms with Gasteiger partial charge in [0.15, 0.2) is 5.78 Å². The Bertz CT molecular complexity index is 572. The minimum absolute atomic E-state index is 0.0492. The molecule has 0 spiro atoms. The SMILES string of the molecule is CC(=O)COC(=O)c1c(NC(=O)C2CC2)sc(C)c1C. The van der Waals surface area contributed by atoms with Gasteiger partial charge in [-0.3, -0.25) is 9.59 Å². The minimum Gasteiger partial charge on any atom is -0.454 e. The molecule has 108 valence electrons. The van der Waals surface area contributed by atoms with Crippen LogP contribution in [0.2, 0.25) is 0 Å². The van der Waals surface area contributed by atoms with Gasteiger partial charge in [0.2, 0.25) is 5.91 Å². The average molecular weight is 295 g/mol.